The molecule has 2 heterocycles. The molecule has 180 valence electrons. The fraction of sp³-hybridized carbons (Fsp3) is 0.400. The highest BCUT2D eigenvalue weighted by molar-refractivity contribution is 6.04. The summed E-state index contributed by atoms with van der Waals surface area (Å²) < 4.78 is 10.6. The van der Waals surface area contributed by atoms with Crippen molar-refractivity contribution in [2.45, 2.75) is 19.3 Å². The van der Waals surface area contributed by atoms with E-state index in [9.17, 15) is 14.4 Å². The monoisotopic (exact) mass is 466 g/mol. The summed E-state index contributed by atoms with van der Waals surface area (Å²) in [5.74, 6) is -0.0612. The van der Waals surface area contributed by atoms with Crippen molar-refractivity contribution in [3.63, 3.8) is 0 Å². The minimum Gasteiger partial charge on any atom is -0.493 e. The number of nitrogens with zero attached hydrogens (tertiary/aromatic N) is 2. The molecule has 0 bridgehead atoms. The van der Waals surface area contributed by atoms with Crippen LogP contribution in [0.1, 0.15) is 19.3 Å². The van der Waals surface area contributed by atoms with E-state index in [1.807, 2.05) is 24.3 Å². The van der Waals surface area contributed by atoms with Gasteiger partial charge in [0.15, 0.2) is 11.5 Å². The molecule has 2 aromatic rings. The minimum atomic E-state index is -0.478. The Balaban J connectivity index is 1.44. The van der Waals surface area contributed by atoms with Gasteiger partial charge in [0.2, 0.25) is 17.7 Å². The van der Waals surface area contributed by atoms with Crippen LogP contribution in [0.4, 0.5) is 17.1 Å². The van der Waals surface area contributed by atoms with E-state index >= 15 is 0 Å². The Kier molecular flexibility index (Phi) is 6.90. The molecular formula is C25H30N4O5. The first-order valence-electron chi connectivity index (χ1n) is 11.4. The zero-order valence-electron chi connectivity index (χ0n) is 19.5. The lowest BCUT2D eigenvalue weighted by Gasteiger charge is -2.33. The quantitative estimate of drug-likeness (QED) is 0.648. The number of amides is 3. The second kappa shape index (κ2) is 10.0. The van der Waals surface area contributed by atoms with Crippen LogP contribution in [-0.4, -0.2) is 51.6 Å². The number of rotatable bonds is 7. The smallest absolute Gasteiger partial charge is 0.229 e. The average molecular weight is 467 g/mol. The molecule has 1 unspecified atom stereocenters. The van der Waals surface area contributed by atoms with Gasteiger partial charge in [-0.05, 0) is 37.1 Å². The number of carbonyl (C=O) groups is 3. The van der Waals surface area contributed by atoms with Crippen LogP contribution in [0.2, 0.25) is 0 Å². The van der Waals surface area contributed by atoms with E-state index in [0.717, 1.165) is 5.69 Å². The third kappa shape index (κ3) is 4.78. The number of piperidine rings is 1. The number of hydrogen-bond donors (Lipinski definition) is 2. The molecule has 3 amide bonds. The highest BCUT2D eigenvalue weighted by Gasteiger charge is 2.36. The van der Waals surface area contributed by atoms with Crippen LogP contribution < -0.4 is 30.3 Å². The van der Waals surface area contributed by atoms with Crippen molar-refractivity contribution < 1.29 is 23.9 Å². The molecule has 1 atom stereocenters. The largest absolute Gasteiger partial charge is 0.493 e. The van der Waals surface area contributed by atoms with Crippen molar-refractivity contribution in [3.8, 4) is 11.5 Å². The van der Waals surface area contributed by atoms with Crippen LogP contribution in [0.15, 0.2) is 42.5 Å². The Morgan fingerprint density at radius 3 is 2.38 bits per heavy atom. The Labute approximate surface area is 198 Å². The average Bonchev–Trinajstić information content (AvgIpc) is 3.25. The van der Waals surface area contributed by atoms with E-state index in [0.29, 0.717) is 48.8 Å². The number of para-hydroxylation sites is 2. The van der Waals surface area contributed by atoms with Gasteiger partial charge in [-0.25, -0.2) is 0 Å². The lowest BCUT2D eigenvalue weighted by Crippen LogP contribution is -2.39. The Bertz CT molecular complexity index is 1080. The summed E-state index contributed by atoms with van der Waals surface area (Å²) in [5, 5.41) is 3.02. The zero-order valence-corrected chi connectivity index (χ0v) is 19.5. The normalized spacial score (nSPS) is 18.6. The number of carbonyl (C=O) groups excluding carboxylic acids is 3. The Hall–Kier alpha value is -3.75. The number of hydrogen-bond acceptors (Lipinski definition) is 6. The van der Waals surface area contributed by atoms with Crippen molar-refractivity contribution in [2.75, 3.05) is 49.0 Å². The SMILES string of the molecule is COc1ccc(N2CC(C(=O)Nc3ccccc3N3CCC(C(N)=O)CC3)CC2=O)cc1OC. The Morgan fingerprint density at radius 2 is 1.71 bits per heavy atom. The van der Waals surface area contributed by atoms with E-state index in [-0.39, 0.29) is 36.6 Å². The van der Waals surface area contributed by atoms with Gasteiger partial charge in [0.1, 0.15) is 0 Å². The standard InChI is InChI=1S/C25H30N4O5/c1-33-21-8-7-18(14-22(21)34-2)29-15-17(13-23(29)30)25(32)27-19-5-3-4-6-20(19)28-11-9-16(10-12-28)24(26)31/h3-8,14,16-17H,9-13,15H2,1-2H3,(H2,26,31)(H,27,32). The van der Waals surface area contributed by atoms with Crippen LogP contribution in [0.5, 0.6) is 11.5 Å². The Morgan fingerprint density at radius 1 is 1.00 bits per heavy atom. The topological polar surface area (TPSA) is 114 Å². The number of ether oxygens (including phenoxy) is 2. The number of anilines is 3. The van der Waals surface area contributed by atoms with Crippen molar-refractivity contribution >= 4 is 34.8 Å². The molecular weight excluding hydrogens is 436 g/mol. The molecule has 0 aliphatic carbocycles. The number of nitrogens with two attached hydrogens (primary N) is 1. The van der Waals surface area contributed by atoms with Crippen molar-refractivity contribution in [3.05, 3.63) is 42.5 Å². The summed E-state index contributed by atoms with van der Waals surface area (Å²) in [5.41, 5.74) is 7.71. The highest BCUT2D eigenvalue weighted by Crippen LogP contribution is 2.35. The van der Waals surface area contributed by atoms with Crippen molar-refractivity contribution in [2.24, 2.45) is 17.6 Å². The van der Waals surface area contributed by atoms with E-state index < -0.39 is 5.92 Å². The molecule has 0 saturated carbocycles. The van der Waals surface area contributed by atoms with E-state index in [2.05, 4.69) is 10.2 Å². The fourth-order valence-electron chi connectivity index (χ4n) is 4.62. The number of primary amides is 1. The van der Waals surface area contributed by atoms with E-state index in [1.165, 1.54) is 7.11 Å². The first kappa shape index (κ1) is 23.4. The molecule has 2 aliphatic heterocycles. The van der Waals surface area contributed by atoms with Gasteiger partial charge < -0.3 is 30.3 Å². The van der Waals surface area contributed by atoms with Crippen molar-refractivity contribution in [1.29, 1.82) is 0 Å². The van der Waals surface area contributed by atoms with Gasteiger partial charge in [-0.2, -0.15) is 0 Å². The maximum absolute atomic E-state index is 13.1. The van der Waals surface area contributed by atoms with Crippen LogP contribution in [-0.2, 0) is 14.4 Å². The second-order valence-corrected chi connectivity index (χ2v) is 8.61. The van der Waals surface area contributed by atoms with Gasteiger partial charge in [-0.1, -0.05) is 12.1 Å². The summed E-state index contributed by atoms with van der Waals surface area (Å²) >= 11 is 0. The molecule has 0 spiro atoms. The predicted octanol–water partition coefficient (Wildman–Crippen LogP) is 2.40. The minimum absolute atomic E-state index is 0.106. The first-order valence-corrected chi connectivity index (χ1v) is 11.4. The van der Waals surface area contributed by atoms with Crippen LogP contribution in [0, 0.1) is 11.8 Å². The number of benzene rings is 2. The van der Waals surface area contributed by atoms with Crippen LogP contribution in [0.25, 0.3) is 0 Å². The van der Waals surface area contributed by atoms with Gasteiger partial charge in [-0.15, -0.1) is 0 Å². The summed E-state index contributed by atoms with van der Waals surface area (Å²) in [7, 11) is 3.09. The first-order chi connectivity index (χ1) is 16.4. The maximum atomic E-state index is 13.1. The molecule has 9 heteroatoms. The third-order valence-corrected chi connectivity index (χ3v) is 6.57. The molecule has 9 nitrogen and oxygen atoms in total. The summed E-state index contributed by atoms with van der Waals surface area (Å²) in [6.07, 6.45) is 1.51. The molecule has 3 N–H and O–H groups in total. The van der Waals surface area contributed by atoms with Crippen molar-refractivity contribution in [1.82, 2.24) is 0 Å². The highest BCUT2D eigenvalue weighted by atomic mass is 16.5. The molecule has 2 fully saturated rings. The number of nitrogens with one attached hydrogen (secondary N) is 1. The van der Waals surface area contributed by atoms with Gasteiger partial charge in [0.05, 0.1) is 31.5 Å². The predicted molar refractivity (Wildman–Crippen MR) is 129 cm³/mol. The number of methoxy groups -OCH3 is 2. The lowest BCUT2D eigenvalue weighted by molar-refractivity contribution is -0.122. The maximum Gasteiger partial charge on any atom is 0.229 e. The molecule has 0 radical (unpaired) electrons. The zero-order chi connectivity index (χ0) is 24.2. The second-order valence-electron chi connectivity index (χ2n) is 8.61. The summed E-state index contributed by atoms with van der Waals surface area (Å²) in [6, 6.07) is 12.9. The molecule has 2 aliphatic rings. The van der Waals surface area contributed by atoms with E-state index in [4.69, 9.17) is 15.2 Å². The molecule has 2 aromatic carbocycles. The van der Waals surface area contributed by atoms with Gasteiger partial charge >= 0.3 is 0 Å². The van der Waals surface area contributed by atoms with Gasteiger partial charge in [-0.3, -0.25) is 14.4 Å². The van der Waals surface area contributed by atoms with E-state index in [1.54, 1.807) is 30.2 Å². The van der Waals surface area contributed by atoms with Crippen LogP contribution >= 0.6 is 0 Å². The molecule has 2 saturated heterocycles. The summed E-state index contributed by atoms with van der Waals surface area (Å²) in [4.78, 5) is 41.1. The summed E-state index contributed by atoms with van der Waals surface area (Å²) in [6.45, 7) is 1.66. The van der Waals surface area contributed by atoms with Gasteiger partial charge in [0.25, 0.3) is 0 Å². The molecule has 4 rings (SSSR count). The lowest BCUT2D eigenvalue weighted by atomic mass is 9.96. The molecule has 0 aromatic heterocycles. The third-order valence-electron chi connectivity index (χ3n) is 6.57. The van der Waals surface area contributed by atoms with Crippen LogP contribution in [0.3, 0.4) is 0 Å². The fourth-order valence-corrected chi connectivity index (χ4v) is 4.62. The molecule has 34 heavy (non-hydrogen) atoms. The van der Waals surface area contributed by atoms with Gasteiger partial charge in [0, 0.05) is 43.7 Å².